The van der Waals surface area contributed by atoms with E-state index in [1.54, 1.807) is 4.90 Å². The van der Waals surface area contributed by atoms with Crippen molar-refractivity contribution >= 4 is 17.7 Å². The number of carbonyl (C=O) groups excluding carboxylic acids is 3. The lowest BCUT2D eigenvalue weighted by molar-refractivity contribution is -0.136. The maximum atomic E-state index is 12.9. The second-order valence-corrected chi connectivity index (χ2v) is 7.79. The number of nitrogens with zero attached hydrogens (tertiary/aromatic N) is 2. The van der Waals surface area contributed by atoms with Gasteiger partial charge < -0.3 is 9.88 Å². The Kier molecular flexibility index (Phi) is 4.05. The number of amides is 3. The van der Waals surface area contributed by atoms with Crippen LogP contribution in [0.2, 0.25) is 0 Å². The van der Waals surface area contributed by atoms with Crippen molar-refractivity contribution in [3.63, 3.8) is 0 Å². The van der Waals surface area contributed by atoms with Crippen molar-refractivity contribution in [2.75, 3.05) is 6.54 Å². The fourth-order valence-corrected chi connectivity index (χ4v) is 4.57. The second-order valence-electron chi connectivity index (χ2n) is 7.79. The van der Waals surface area contributed by atoms with Gasteiger partial charge in [0, 0.05) is 50.1 Å². The highest BCUT2D eigenvalue weighted by Gasteiger charge is 2.39. The number of fused-ring (bicyclic) bond motifs is 2. The first-order valence-corrected chi connectivity index (χ1v) is 9.73. The average molecular weight is 378 g/mol. The lowest BCUT2D eigenvalue weighted by Crippen LogP contribution is -2.52. The molecule has 3 aliphatic rings. The number of hydrogen-bond acceptors (Lipinski definition) is 4. The summed E-state index contributed by atoms with van der Waals surface area (Å²) in [6.07, 6.45) is 3.68. The number of piperidine rings is 1. The van der Waals surface area contributed by atoms with Gasteiger partial charge in [0.25, 0.3) is 5.91 Å². The average Bonchev–Trinajstić information content (AvgIpc) is 3.27. The molecule has 0 spiro atoms. The van der Waals surface area contributed by atoms with E-state index < -0.39 is 6.04 Å². The van der Waals surface area contributed by atoms with E-state index >= 15 is 0 Å². The fraction of sp³-hybridized carbons (Fsp3) is 0.381. The van der Waals surface area contributed by atoms with Crippen LogP contribution in [-0.2, 0) is 35.6 Å². The van der Waals surface area contributed by atoms with Gasteiger partial charge in [0.15, 0.2) is 0 Å². The standard InChI is InChI=1S/C21H22N4O3/c26-19-5-4-18(20(27)23-19)25-11-16-14(2-1-3-15(16)21(25)28)10-24-9-7-13-6-8-22-17(13)12-24/h1-3,6,8,18,22H,4-5,7,9-12H2,(H,23,26,27). The van der Waals surface area contributed by atoms with E-state index in [-0.39, 0.29) is 24.1 Å². The molecule has 5 rings (SSSR count). The van der Waals surface area contributed by atoms with Gasteiger partial charge in [0.1, 0.15) is 6.04 Å². The second kappa shape index (κ2) is 6.60. The Balaban J connectivity index is 1.37. The maximum absolute atomic E-state index is 12.9. The van der Waals surface area contributed by atoms with Crippen LogP contribution < -0.4 is 5.32 Å². The van der Waals surface area contributed by atoms with Crippen molar-refractivity contribution in [3.8, 4) is 0 Å². The van der Waals surface area contributed by atoms with Crippen LogP contribution in [0.1, 0.15) is 45.6 Å². The number of aromatic amines is 1. The summed E-state index contributed by atoms with van der Waals surface area (Å²) in [7, 11) is 0. The quantitative estimate of drug-likeness (QED) is 0.789. The molecule has 1 atom stereocenters. The molecule has 1 unspecified atom stereocenters. The molecule has 1 saturated heterocycles. The third-order valence-electron chi connectivity index (χ3n) is 6.08. The van der Waals surface area contributed by atoms with Crippen LogP contribution in [0.3, 0.4) is 0 Å². The van der Waals surface area contributed by atoms with E-state index in [1.165, 1.54) is 11.3 Å². The summed E-state index contributed by atoms with van der Waals surface area (Å²) in [6.45, 7) is 3.06. The molecule has 1 aromatic heterocycles. The normalized spacial score (nSPS) is 22.2. The van der Waals surface area contributed by atoms with Crippen LogP contribution in [0.5, 0.6) is 0 Å². The van der Waals surface area contributed by atoms with E-state index in [1.807, 2.05) is 18.3 Å². The predicted octanol–water partition coefficient (Wildman–Crippen LogP) is 1.33. The molecule has 0 radical (unpaired) electrons. The lowest BCUT2D eigenvalue weighted by Gasteiger charge is -2.29. The number of benzene rings is 1. The largest absolute Gasteiger partial charge is 0.364 e. The zero-order valence-electron chi connectivity index (χ0n) is 15.5. The molecular formula is C21H22N4O3. The van der Waals surface area contributed by atoms with Crippen LogP contribution in [0.25, 0.3) is 0 Å². The van der Waals surface area contributed by atoms with E-state index in [0.29, 0.717) is 18.5 Å². The van der Waals surface area contributed by atoms with Crippen molar-refractivity contribution in [2.24, 2.45) is 0 Å². The van der Waals surface area contributed by atoms with Gasteiger partial charge in [-0.15, -0.1) is 0 Å². The van der Waals surface area contributed by atoms with Gasteiger partial charge in [-0.2, -0.15) is 0 Å². The fourth-order valence-electron chi connectivity index (χ4n) is 4.57. The van der Waals surface area contributed by atoms with Gasteiger partial charge in [-0.05, 0) is 41.7 Å². The summed E-state index contributed by atoms with van der Waals surface area (Å²) in [6, 6.07) is 7.41. The molecule has 144 valence electrons. The minimum Gasteiger partial charge on any atom is -0.364 e. The highest BCUT2D eigenvalue weighted by atomic mass is 16.2. The summed E-state index contributed by atoms with van der Waals surface area (Å²) in [5.41, 5.74) is 5.47. The molecule has 3 amide bonds. The number of aromatic nitrogens is 1. The van der Waals surface area contributed by atoms with E-state index in [0.717, 1.165) is 37.2 Å². The summed E-state index contributed by atoms with van der Waals surface area (Å²) in [4.78, 5) is 43.9. The van der Waals surface area contributed by atoms with Crippen molar-refractivity contribution < 1.29 is 14.4 Å². The van der Waals surface area contributed by atoms with E-state index in [9.17, 15) is 14.4 Å². The third kappa shape index (κ3) is 2.82. The summed E-state index contributed by atoms with van der Waals surface area (Å²) >= 11 is 0. The smallest absolute Gasteiger partial charge is 0.255 e. The maximum Gasteiger partial charge on any atom is 0.255 e. The number of carbonyl (C=O) groups is 3. The van der Waals surface area contributed by atoms with Crippen LogP contribution in [0.15, 0.2) is 30.5 Å². The Hall–Kier alpha value is -2.93. The van der Waals surface area contributed by atoms with Crippen LogP contribution in [0, 0.1) is 0 Å². The monoisotopic (exact) mass is 378 g/mol. The predicted molar refractivity (Wildman–Crippen MR) is 101 cm³/mol. The zero-order valence-corrected chi connectivity index (χ0v) is 15.5. The van der Waals surface area contributed by atoms with E-state index in [2.05, 4.69) is 27.3 Å². The number of nitrogens with one attached hydrogen (secondary N) is 2. The van der Waals surface area contributed by atoms with Gasteiger partial charge in [-0.3, -0.25) is 24.6 Å². The van der Waals surface area contributed by atoms with Crippen LogP contribution >= 0.6 is 0 Å². The van der Waals surface area contributed by atoms with Gasteiger partial charge in [0.2, 0.25) is 11.8 Å². The van der Waals surface area contributed by atoms with Gasteiger partial charge >= 0.3 is 0 Å². The Morgan fingerprint density at radius 2 is 1.96 bits per heavy atom. The van der Waals surface area contributed by atoms with Crippen molar-refractivity contribution in [1.29, 1.82) is 0 Å². The minimum absolute atomic E-state index is 0.114. The molecule has 1 aromatic carbocycles. The molecule has 28 heavy (non-hydrogen) atoms. The number of hydrogen-bond donors (Lipinski definition) is 2. The Morgan fingerprint density at radius 3 is 2.82 bits per heavy atom. The van der Waals surface area contributed by atoms with Gasteiger partial charge in [-0.1, -0.05) is 12.1 Å². The molecule has 2 N–H and O–H groups in total. The Bertz CT molecular complexity index is 980. The van der Waals surface area contributed by atoms with E-state index in [4.69, 9.17) is 0 Å². The summed E-state index contributed by atoms with van der Waals surface area (Å²) in [5.74, 6) is -0.745. The molecule has 2 aromatic rings. The van der Waals surface area contributed by atoms with Gasteiger partial charge in [-0.25, -0.2) is 0 Å². The topological polar surface area (TPSA) is 85.5 Å². The Labute approximate surface area is 162 Å². The summed E-state index contributed by atoms with van der Waals surface area (Å²) in [5, 5.41) is 2.36. The molecule has 1 fully saturated rings. The number of H-pyrrole nitrogens is 1. The van der Waals surface area contributed by atoms with Gasteiger partial charge in [0.05, 0.1) is 0 Å². The Morgan fingerprint density at radius 1 is 1.07 bits per heavy atom. The number of rotatable bonds is 3. The summed E-state index contributed by atoms with van der Waals surface area (Å²) < 4.78 is 0. The first-order chi connectivity index (χ1) is 13.6. The number of imide groups is 1. The molecular weight excluding hydrogens is 356 g/mol. The first-order valence-electron chi connectivity index (χ1n) is 9.73. The van der Waals surface area contributed by atoms with Crippen LogP contribution in [0.4, 0.5) is 0 Å². The molecule has 0 saturated carbocycles. The molecule has 3 aliphatic heterocycles. The molecule has 0 bridgehead atoms. The zero-order chi connectivity index (χ0) is 19.3. The molecule has 4 heterocycles. The lowest BCUT2D eigenvalue weighted by atomic mass is 10.0. The SMILES string of the molecule is O=C1CCC(N2Cc3c(CN4CCc5cc[nH]c5C4)cccc3C2=O)C(=O)N1. The molecule has 7 heteroatoms. The third-order valence-corrected chi connectivity index (χ3v) is 6.08. The highest BCUT2D eigenvalue weighted by Crippen LogP contribution is 2.31. The van der Waals surface area contributed by atoms with Crippen molar-refractivity contribution in [1.82, 2.24) is 20.1 Å². The minimum atomic E-state index is -0.568. The van der Waals surface area contributed by atoms with Crippen molar-refractivity contribution in [3.05, 3.63) is 58.4 Å². The molecule has 7 nitrogen and oxygen atoms in total. The van der Waals surface area contributed by atoms with Crippen LogP contribution in [-0.4, -0.2) is 45.1 Å². The van der Waals surface area contributed by atoms with Crippen molar-refractivity contribution in [2.45, 2.75) is 44.9 Å². The highest BCUT2D eigenvalue weighted by molar-refractivity contribution is 6.05. The first kappa shape index (κ1) is 17.2. The molecule has 0 aliphatic carbocycles.